The van der Waals surface area contributed by atoms with Gasteiger partial charge in [-0.3, -0.25) is 4.40 Å². The molecule has 2 heterocycles. The second-order valence-electron chi connectivity index (χ2n) is 6.57. The molecule has 0 aliphatic rings. The SMILES string of the molecule is Cc1ccc(-c2nc3cc(C)ccn3c2N=Nc2ccccc2C)cc1. The van der Waals surface area contributed by atoms with Gasteiger partial charge in [0.25, 0.3) is 0 Å². The van der Waals surface area contributed by atoms with E-state index in [1.165, 1.54) is 11.1 Å². The molecule has 0 spiro atoms. The van der Waals surface area contributed by atoms with Crippen molar-refractivity contribution < 1.29 is 0 Å². The van der Waals surface area contributed by atoms with Crippen molar-refractivity contribution in [3.8, 4) is 11.3 Å². The number of aryl methyl sites for hydroxylation is 3. The average Bonchev–Trinajstić information content (AvgIpc) is 2.99. The lowest BCUT2D eigenvalue weighted by molar-refractivity contribution is 1.10. The molecule has 0 bridgehead atoms. The van der Waals surface area contributed by atoms with Crippen LogP contribution in [0.3, 0.4) is 0 Å². The summed E-state index contributed by atoms with van der Waals surface area (Å²) in [6.45, 7) is 6.18. The summed E-state index contributed by atoms with van der Waals surface area (Å²) in [7, 11) is 0. The summed E-state index contributed by atoms with van der Waals surface area (Å²) in [5, 5.41) is 9.07. The Labute approximate surface area is 152 Å². The molecule has 4 nitrogen and oxygen atoms in total. The first-order valence-electron chi connectivity index (χ1n) is 8.65. The van der Waals surface area contributed by atoms with Gasteiger partial charge in [0.15, 0.2) is 5.82 Å². The maximum atomic E-state index is 4.82. The molecule has 0 radical (unpaired) electrons. The van der Waals surface area contributed by atoms with Crippen LogP contribution < -0.4 is 0 Å². The van der Waals surface area contributed by atoms with Crippen LogP contribution in [0.1, 0.15) is 16.7 Å². The second kappa shape index (κ2) is 6.56. The Morgan fingerprint density at radius 2 is 1.58 bits per heavy atom. The molecule has 4 rings (SSSR count). The zero-order chi connectivity index (χ0) is 18.1. The van der Waals surface area contributed by atoms with E-state index in [4.69, 9.17) is 4.98 Å². The molecule has 0 N–H and O–H groups in total. The monoisotopic (exact) mass is 340 g/mol. The lowest BCUT2D eigenvalue weighted by Gasteiger charge is -2.02. The Morgan fingerprint density at radius 3 is 2.35 bits per heavy atom. The Kier molecular flexibility index (Phi) is 4.09. The highest BCUT2D eigenvalue weighted by Crippen LogP contribution is 2.33. The molecule has 26 heavy (non-hydrogen) atoms. The molecule has 128 valence electrons. The number of benzene rings is 2. The standard InChI is InChI=1S/C22H20N4/c1-15-8-10-18(11-9-15)21-22(25-24-19-7-5-4-6-17(19)3)26-13-12-16(2)14-20(26)23-21/h4-14H,1-3H3. The summed E-state index contributed by atoms with van der Waals surface area (Å²) in [4.78, 5) is 4.82. The van der Waals surface area contributed by atoms with Gasteiger partial charge in [0.05, 0.1) is 5.69 Å². The summed E-state index contributed by atoms with van der Waals surface area (Å²) in [6, 6.07) is 20.4. The number of fused-ring (bicyclic) bond motifs is 1. The maximum Gasteiger partial charge on any atom is 0.187 e. The summed E-state index contributed by atoms with van der Waals surface area (Å²) < 4.78 is 1.99. The van der Waals surface area contributed by atoms with Crippen LogP contribution in [0, 0.1) is 20.8 Å². The van der Waals surface area contributed by atoms with Gasteiger partial charge in [0.2, 0.25) is 0 Å². The Morgan fingerprint density at radius 1 is 0.808 bits per heavy atom. The van der Waals surface area contributed by atoms with E-state index in [1.807, 2.05) is 41.8 Å². The highest BCUT2D eigenvalue weighted by atomic mass is 15.2. The lowest BCUT2D eigenvalue weighted by atomic mass is 10.1. The molecule has 0 aliphatic carbocycles. The first kappa shape index (κ1) is 16.2. The van der Waals surface area contributed by atoms with Crippen molar-refractivity contribution in [3.05, 3.63) is 83.6 Å². The van der Waals surface area contributed by atoms with Gasteiger partial charge >= 0.3 is 0 Å². The van der Waals surface area contributed by atoms with Crippen LogP contribution in [-0.2, 0) is 0 Å². The number of hydrogen-bond donors (Lipinski definition) is 0. The van der Waals surface area contributed by atoms with Crippen molar-refractivity contribution in [3.63, 3.8) is 0 Å². The van der Waals surface area contributed by atoms with Crippen LogP contribution in [0.5, 0.6) is 0 Å². The minimum atomic E-state index is 0.743. The van der Waals surface area contributed by atoms with Crippen LogP contribution >= 0.6 is 0 Å². The first-order valence-corrected chi connectivity index (χ1v) is 8.65. The average molecular weight is 340 g/mol. The molecule has 0 saturated carbocycles. The Balaban J connectivity index is 1.89. The van der Waals surface area contributed by atoms with E-state index in [0.29, 0.717) is 0 Å². The second-order valence-corrected chi connectivity index (χ2v) is 6.57. The first-order chi connectivity index (χ1) is 12.6. The molecule has 0 amide bonds. The number of nitrogens with zero attached hydrogens (tertiary/aromatic N) is 4. The third-order valence-corrected chi connectivity index (χ3v) is 4.45. The molecule has 0 saturated heterocycles. The Hall–Kier alpha value is -3.27. The van der Waals surface area contributed by atoms with Crippen molar-refractivity contribution in [2.75, 3.05) is 0 Å². The van der Waals surface area contributed by atoms with E-state index in [9.17, 15) is 0 Å². The fourth-order valence-electron chi connectivity index (χ4n) is 2.91. The summed E-state index contributed by atoms with van der Waals surface area (Å²) in [5.41, 5.74) is 7.10. The Bertz CT molecular complexity index is 1100. The summed E-state index contributed by atoms with van der Waals surface area (Å²) in [6.07, 6.45) is 2.00. The number of imidazole rings is 1. The fourth-order valence-corrected chi connectivity index (χ4v) is 2.91. The summed E-state index contributed by atoms with van der Waals surface area (Å²) >= 11 is 0. The van der Waals surface area contributed by atoms with Crippen molar-refractivity contribution in [1.29, 1.82) is 0 Å². The molecular formula is C22H20N4. The molecule has 2 aromatic carbocycles. The van der Waals surface area contributed by atoms with Crippen LogP contribution in [-0.4, -0.2) is 9.38 Å². The molecule has 4 heteroatoms. The van der Waals surface area contributed by atoms with Crippen molar-refractivity contribution in [2.45, 2.75) is 20.8 Å². The fraction of sp³-hybridized carbons (Fsp3) is 0.136. The van der Waals surface area contributed by atoms with E-state index in [0.717, 1.165) is 34.0 Å². The molecule has 0 fully saturated rings. The predicted octanol–water partition coefficient (Wildman–Crippen LogP) is 6.34. The molecular weight excluding hydrogens is 320 g/mol. The van der Waals surface area contributed by atoms with E-state index >= 15 is 0 Å². The van der Waals surface area contributed by atoms with Gasteiger partial charge in [0, 0.05) is 11.8 Å². The predicted molar refractivity (Wildman–Crippen MR) is 105 cm³/mol. The van der Waals surface area contributed by atoms with Gasteiger partial charge < -0.3 is 0 Å². The van der Waals surface area contributed by atoms with Crippen LogP contribution in [0.2, 0.25) is 0 Å². The number of azo groups is 1. The van der Waals surface area contributed by atoms with Crippen LogP contribution in [0.25, 0.3) is 16.9 Å². The van der Waals surface area contributed by atoms with Gasteiger partial charge in [-0.15, -0.1) is 10.2 Å². The third kappa shape index (κ3) is 3.02. The topological polar surface area (TPSA) is 42.0 Å². The molecule has 0 atom stereocenters. The zero-order valence-electron chi connectivity index (χ0n) is 15.1. The normalized spacial score (nSPS) is 11.5. The molecule has 0 unspecified atom stereocenters. The van der Waals surface area contributed by atoms with E-state index in [1.54, 1.807) is 0 Å². The number of pyridine rings is 1. The van der Waals surface area contributed by atoms with E-state index < -0.39 is 0 Å². The van der Waals surface area contributed by atoms with Gasteiger partial charge in [-0.05, 0) is 50.1 Å². The molecule has 2 aromatic heterocycles. The smallest absolute Gasteiger partial charge is 0.187 e. The van der Waals surface area contributed by atoms with E-state index in [-0.39, 0.29) is 0 Å². The van der Waals surface area contributed by atoms with Crippen molar-refractivity contribution >= 4 is 17.2 Å². The van der Waals surface area contributed by atoms with Gasteiger partial charge in [-0.25, -0.2) is 4.98 Å². The van der Waals surface area contributed by atoms with Crippen LogP contribution in [0.15, 0.2) is 77.1 Å². The van der Waals surface area contributed by atoms with Crippen LogP contribution in [0.4, 0.5) is 11.5 Å². The minimum absolute atomic E-state index is 0.743. The highest BCUT2D eigenvalue weighted by molar-refractivity contribution is 5.74. The quantitative estimate of drug-likeness (QED) is 0.401. The number of rotatable bonds is 3. The van der Waals surface area contributed by atoms with Crippen molar-refractivity contribution in [2.24, 2.45) is 10.2 Å². The lowest BCUT2D eigenvalue weighted by Crippen LogP contribution is -1.84. The van der Waals surface area contributed by atoms with Gasteiger partial charge in [-0.1, -0.05) is 48.0 Å². The molecule has 0 aliphatic heterocycles. The van der Waals surface area contributed by atoms with E-state index in [2.05, 4.69) is 60.5 Å². The molecule has 4 aromatic rings. The van der Waals surface area contributed by atoms with Gasteiger partial charge in [0.1, 0.15) is 11.3 Å². The summed E-state index contributed by atoms with van der Waals surface area (Å²) in [5.74, 6) is 0.743. The zero-order valence-corrected chi connectivity index (χ0v) is 15.1. The maximum absolute atomic E-state index is 4.82. The number of hydrogen-bond acceptors (Lipinski definition) is 3. The number of aromatic nitrogens is 2. The van der Waals surface area contributed by atoms with Gasteiger partial charge in [-0.2, -0.15) is 0 Å². The minimum Gasteiger partial charge on any atom is -0.283 e. The third-order valence-electron chi connectivity index (χ3n) is 4.45. The highest BCUT2D eigenvalue weighted by Gasteiger charge is 2.14. The largest absolute Gasteiger partial charge is 0.283 e. The van der Waals surface area contributed by atoms with Crippen molar-refractivity contribution in [1.82, 2.24) is 9.38 Å².